The van der Waals surface area contributed by atoms with Crippen LogP contribution in [-0.4, -0.2) is 15.9 Å². The molecule has 4 nitrogen and oxygen atoms in total. The molecule has 0 fully saturated rings. The molecule has 0 saturated heterocycles. The molecule has 2 aromatic heterocycles. The van der Waals surface area contributed by atoms with Crippen LogP contribution in [0.2, 0.25) is 5.02 Å². The minimum Gasteiger partial charge on any atom is -0.309 e. The highest BCUT2D eigenvalue weighted by Crippen LogP contribution is 2.36. The van der Waals surface area contributed by atoms with Gasteiger partial charge in [0.25, 0.3) is 0 Å². The minimum atomic E-state index is -0.124. The van der Waals surface area contributed by atoms with Crippen molar-refractivity contribution in [2.45, 2.75) is 19.3 Å². The number of nitrogens with one attached hydrogen (secondary N) is 1. The number of rotatable bonds is 4. The van der Waals surface area contributed by atoms with Gasteiger partial charge in [-0.15, -0.1) is 11.3 Å². The van der Waals surface area contributed by atoms with Crippen LogP contribution in [0.15, 0.2) is 66.0 Å². The highest BCUT2D eigenvalue weighted by Gasteiger charge is 2.23. The maximum Gasteiger partial charge on any atom is 0.230 e. The second-order valence-electron chi connectivity index (χ2n) is 7.20. The number of fused-ring (bicyclic) bond motifs is 3. The number of halogens is 1. The van der Waals surface area contributed by atoms with E-state index < -0.39 is 0 Å². The SMILES string of the molecule is O=C(Cc1ccc(Cl)cc1)Nc1nc2c(nc1-c1cccs1)-c1ccccc1CC2. The molecular formula is C24H18ClN3OS. The lowest BCUT2D eigenvalue weighted by atomic mass is 9.92. The number of thiophene rings is 1. The van der Waals surface area contributed by atoms with Gasteiger partial charge in [-0.25, -0.2) is 9.97 Å². The standard InChI is InChI=1S/C24H18ClN3OS/c25-17-10-7-15(8-11-17)14-21(29)27-24-23(20-6-3-13-30-20)28-22-18-5-2-1-4-16(18)9-12-19(22)26-24/h1-8,10-11,13H,9,12,14H2,(H,26,27,29). The normalized spacial score (nSPS) is 12.2. The van der Waals surface area contributed by atoms with Crippen molar-refractivity contribution in [1.29, 1.82) is 0 Å². The highest BCUT2D eigenvalue weighted by atomic mass is 35.5. The molecule has 0 radical (unpaired) electrons. The first-order valence-corrected chi connectivity index (χ1v) is 11.0. The second kappa shape index (κ2) is 8.01. The molecule has 0 atom stereocenters. The van der Waals surface area contributed by atoms with Crippen LogP contribution in [0.25, 0.3) is 21.8 Å². The predicted molar refractivity (Wildman–Crippen MR) is 122 cm³/mol. The molecular weight excluding hydrogens is 414 g/mol. The number of carbonyl (C=O) groups excluding carboxylic acids is 1. The van der Waals surface area contributed by atoms with Gasteiger partial charge in [0.1, 0.15) is 5.69 Å². The summed E-state index contributed by atoms with van der Waals surface area (Å²) in [5.74, 6) is 0.398. The molecule has 0 unspecified atom stereocenters. The van der Waals surface area contributed by atoms with Crippen LogP contribution < -0.4 is 5.32 Å². The van der Waals surface area contributed by atoms with Crippen LogP contribution in [0.4, 0.5) is 5.82 Å². The van der Waals surface area contributed by atoms with Crippen molar-refractivity contribution < 1.29 is 4.79 Å². The molecule has 5 rings (SSSR count). The van der Waals surface area contributed by atoms with Gasteiger partial charge in [0.05, 0.1) is 22.7 Å². The molecule has 1 N–H and O–H groups in total. The van der Waals surface area contributed by atoms with Gasteiger partial charge in [-0.1, -0.05) is 54.1 Å². The van der Waals surface area contributed by atoms with Crippen LogP contribution >= 0.6 is 22.9 Å². The van der Waals surface area contributed by atoms with E-state index in [4.69, 9.17) is 21.6 Å². The lowest BCUT2D eigenvalue weighted by Gasteiger charge is -2.20. The Morgan fingerprint density at radius 1 is 0.967 bits per heavy atom. The Kier molecular flexibility index (Phi) is 5.07. The zero-order chi connectivity index (χ0) is 20.5. The molecule has 2 heterocycles. The smallest absolute Gasteiger partial charge is 0.230 e. The molecule has 30 heavy (non-hydrogen) atoms. The summed E-state index contributed by atoms with van der Waals surface area (Å²) in [6.07, 6.45) is 1.99. The van der Waals surface area contributed by atoms with Gasteiger partial charge < -0.3 is 5.32 Å². The van der Waals surface area contributed by atoms with Crippen LogP contribution in [0.5, 0.6) is 0 Å². The number of hydrogen-bond acceptors (Lipinski definition) is 4. The zero-order valence-corrected chi connectivity index (χ0v) is 17.6. The fraction of sp³-hybridized carbons (Fsp3) is 0.125. The van der Waals surface area contributed by atoms with E-state index in [-0.39, 0.29) is 12.3 Å². The van der Waals surface area contributed by atoms with Crippen LogP contribution in [0.3, 0.4) is 0 Å². The molecule has 0 saturated carbocycles. The lowest BCUT2D eigenvalue weighted by molar-refractivity contribution is -0.115. The van der Waals surface area contributed by atoms with Crippen LogP contribution in [0.1, 0.15) is 16.8 Å². The maximum absolute atomic E-state index is 12.7. The molecule has 1 aliphatic carbocycles. The highest BCUT2D eigenvalue weighted by molar-refractivity contribution is 7.13. The van der Waals surface area contributed by atoms with E-state index in [1.165, 1.54) is 5.56 Å². The summed E-state index contributed by atoms with van der Waals surface area (Å²) < 4.78 is 0. The summed E-state index contributed by atoms with van der Waals surface area (Å²) in [7, 11) is 0. The molecule has 4 aromatic rings. The number of aryl methyl sites for hydroxylation is 2. The van der Waals surface area contributed by atoms with Crippen molar-refractivity contribution in [2.24, 2.45) is 0 Å². The van der Waals surface area contributed by atoms with Crippen molar-refractivity contribution in [3.63, 3.8) is 0 Å². The summed E-state index contributed by atoms with van der Waals surface area (Å²) >= 11 is 7.53. The predicted octanol–water partition coefficient (Wildman–Crippen LogP) is 5.81. The molecule has 6 heteroatoms. The number of hydrogen-bond donors (Lipinski definition) is 1. The zero-order valence-electron chi connectivity index (χ0n) is 16.1. The van der Waals surface area contributed by atoms with Crippen LogP contribution in [0, 0.1) is 0 Å². The molecule has 0 aliphatic heterocycles. The number of nitrogens with zero attached hydrogens (tertiary/aromatic N) is 2. The summed E-state index contributed by atoms with van der Waals surface area (Å²) in [5.41, 5.74) is 5.87. The van der Waals surface area contributed by atoms with E-state index in [2.05, 4.69) is 23.5 Å². The average molecular weight is 432 g/mol. The summed E-state index contributed by atoms with van der Waals surface area (Å²) in [4.78, 5) is 23.6. The first kappa shape index (κ1) is 19.0. The summed E-state index contributed by atoms with van der Waals surface area (Å²) in [6.45, 7) is 0. The Morgan fingerprint density at radius 3 is 2.60 bits per heavy atom. The maximum atomic E-state index is 12.7. The van der Waals surface area contributed by atoms with Crippen molar-refractivity contribution in [3.05, 3.63) is 87.9 Å². The van der Waals surface area contributed by atoms with Crippen molar-refractivity contribution >= 4 is 34.7 Å². The Balaban J connectivity index is 1.52. The number of anilines is 1. The van der Waals surface area contributed by atoms with E-state index in [9.17, 15) is 4.79 Å². The average Bonchev–Trinajstić information content (AvgIpc) is 3.29. The Bertz CT molecular complexity index is 1220. The number of aromatic nitrogens is 2. The van der Waals surface area contributed by atoms with Crippen molar-refractivity contribution in [1.82, 2.24) is 9.97 Å². The van der Waals surface area contributed by atoms with Gasteiger partial charge in [0.15, 0.2) is 5.82 Å². The van der Waals surface area contributed by atoms with E-state index in [1.54, 1.807) is 23.5 Å². The number of benzene rings is 2. The molecule has 2 aromatic carbocycles. The fourth-order valence-corrected chi connectivity index (χ4v) is 4.56. The van der Waals surface area contributed by atoms with Crippen LogP contribution in [-0.2, 0) is 24.1 Å². The summed E-state index contributed by atoms with van der Waals surface area (Å²) in [5, 5.41) is 5.65. The van der Waals surface area contributed by atoms with E-state index >= 15 is 0 Å². The summed E-state index contributed by atoms with van der Waals surface area (Å²) in [6, 6.07) is 19.6. The topological polar surface area (TPSA) is 54.9 Å². The lowest BCUT2D eigenvalue weighted by Crippen LogP contribution is -2.18. The van der Waals surface area contributed by atoms with E-state index in [0.29, 0.717) is 16.5 Å². The monoisotopic (exact) mass is 431 g/mol. The Morgan fingerprint density at radius 2 is 1.80 bits per heavy atom. The third kappa shape index (κ3) is 3.74. The second-order valence-corrected chi connectivity index (χ2v) is 8.59. The van der Waals surface area contributed by atoms with E-state index in [1.807, 2.05) is 35.7 Å². The number of carbonyl (C=O) groups is 1. The Labute approximate surface area is 183 Å². The molecule has 0 bridgehead atoms. The number of amides is 1. The third-order valence-electron chi connectivity index (χ3n) is 5.16. The van der Waals surface area contributed by atoms with Crippen molar-refractivity contribution in [2.75, 3.05) is 5.32 Å². The molecule has 0 spiro atoms. The molecule has 1 aliphatic rings. The van der Waals surface area contributed by atoms with Gasteiger partial charge in [0.2, 0.25) is 5.91 Å². The fourth-order valence-electron chi connectivity index (χ4n) is 3.72. The quantitative estimate of drug-likeness (QED) is 0.444. The minimum absolute atomic E-state index is 0.124. The van der Waals surface area contributed by atoms with Gasteiger partial charge in [-0.2, -0.15) is 0 Å². The van der Waals surface area contributed by atoms with Crippen molar-refractivity contribution in [3.8, 4) is 21.8 Å². The Hall–Kier alpha value is -3.02. The molecule has 148 valence electrons. The third-order valence-corrected chi connectivity index (χ3v) is 6.29. The first-order chi connectivity index (χ1) is 14.7. The first-order valence-electron chi connectivity index (χ1n) is 9.75. The van der Waals surface area contributed by atoms with Gasteiger partial charge in [0, 0.05) is 10.6 Å². The van der Waals surface area contributed by atoms with Gasteiger partial charge in [-0.3, -0.25) is 4.79 Å². The van der Waals surface area contributed by atoms with E-state index in [0.717, 1.165) is 40.2 Å². The van der Waals surface area contributed by atoms with Gasteiger partial charge in [-0.05, 0) is 47.5 Å². The largest absolute Gasteiger partial charge is 0.309 e. The van der Waals surface area contributed by atoms with Gasteiger partial charge >= 0.3 is 0 Å². The molecule has 1 amide bonds.